The Kier molecular flexibility index (Phi) is 7.84. The summed E-state index contributed by atoms with van der Waals surface area (Å²) >= 11 is 0. The van der Waals surface area contributed by atoms with E-state index >= 15 is 0 Å². The molecule has 1 aromatic heterocycles. The van der Waals surface area contributed by atoms with Crippen molar-refractivity contribution in [3.8, 4) is 0 Å². The number of carbonyl (C=O) groups excluding carboxylic acids is 2. The molecule has 1 saturated heterocycles. The Bertz CT molecular complexity index is 583. The molecule has 1 aliphatic heterocycles. The van der Waals surface area contributed by atoms with Gasteiger partial charge in [0.05, 0.1) is 18.8 Å². The second-order valence-electron chi connectivity index (χ2n) is 7.02. The van der Waals surface area contributed by atoms with Crippen molar-refractivity contribution in [1.29, 1.82) is 0 Å². The van der Waals surface area contributed by atoms with Gasteiger partial charge in [0.2, 0.25) is 0 Å². The van der Waals surface area contributed by atoms with Crippen LogP contribution in [0, 0.1) is 5.92 Å². The van der Waals surface area contributed by atoms with E-state index in [1.165, 1.54) is 6.20 Å². The van der Waals surface area contributed by atoms with Crippen LogP contribution in [0.2, 0.25) is 0 Å². The van der Waals surface area contributed by atoms with Gasteiger partial charge in [-0.15, -0.1) is 0 Å². The average Bonchev–Trinajstić information content (AvgIpc) is 2.65. The van der Waals surface area contributed by atoms with Gasteiger partial charge >= 0.3 is 5.97 Å². The van der Waals surface area contributed by atoms with Crippen LogP contribution in [0.25, 0.3) is 0 Å². The number of rotatable bonds is 8. The summed E-state index contributed by atoms with van der Waals surface area (Å²) in [6.07, 6.45) is 3.43. The molecule has 0 radical (unpaired) electrons. The number of aromatic nitrogens is 1. The normalized spacial score (nSPS) is 15.6. The first-order valence-electron chi connectivity index (χ1n) is 9.21. The molecule has 1 atom stereocenters. The predicted octanol–water partition coefficient (Wildman–Crippen LogP) is 2.02. The largest absolute Gasteiger partial charge is 0.452 e. The van der Waals surface area contributed by atoms with Crippen molar-refractivity contribution in [1.82, 2.24) is 10.3 Å². The van der Waals surface area contributed by atoms with Crippen molar-refractivity contribution >= 4 is 17.7 Å². The lowest BCUT2D eigenvalue weighted by Crippen LogP contribution is -2.36. The summed E-state index contributed by atoms with van der Waals surface area (Å²) in [5, 5.41) is 2.84. The average molecular weight is 363 g/mol. The minimum atomic E-state index is -0.545. The van der Waals surface area contributed by atoms with E-state index in [1.807, 2.05) is 6.92 Å². The molecule has 0 saturated carbocycles. The first-order valence-corrected chi connectivity index (χ1v) is 9.21. The van der Waals surface area contributed by atoms with Gasteiger partial charge in [0, 0.05) is 25.3 Å². The van der Waals surface area contributed by atoms with Crippen LogP contribution in [0.4, 0.5) is 5.82 Å². The molecular weight excluding hydrogens is 334 g/mol. The molecule has 0 aromatic carbocycles. The van der Waals surface area contributed by atoms with E-state index in [4.69, 9.17) is 9.47 Å². The molecule has 0 spiro atoms. The first kappa shape index (κ1) is 20.2. The molecule has 1 aromatic rings. The van der Waals surface area contributed by atoms with Gasteiger partial charge in [-0.1, -0.05) is 13.8 Å². The summed E-state index contributed by atoms with van der Waals surface area (Å²) in [6, 6.07) is 3.53. The summed E-state index contributed by atoms with van der Waals surface area (Å²) in [4.78, 5) is 30.3. The number of nitrogens with one attached hydrogen (secondary N) is 1. The maximum Gasteiger partial charge on any atom is 0.340 e. The molecule has 1 aliphatic rings. The number of esters is 1. The molecule has 0 bridgehead atoms. The van der Waals surface area contributed by atoms with Crippen LogP contribution in [-0.4, -0.2) is 55.8 Å². The maximum absolute atomic E-state index is 12.1. The van der Waals surface area contributed by atoms with Crippen molar-refractivity contribution in [3.63, 3.8) is 0 Å². The highest BCUT2D eigenvalue weighted by Crippen LogP contribution is 2.13. The number of nitrogens with zero attached hydrogens (tertiary/aromatic N) is 2. The van der Waals surface area contributed by atoms with Gasteiger partial charge in [-0.3, -0.25) is 4.79 Å². The standard InChI is InChI=1S/C19H29N3O4/c1-14(2)4-5-15(3)21-18(23)13-26-19(24)16-6-7-17(20-12-16)22-8-10-25-11-9-22/h6-7,12,14-15H,4-5,8-11,13H2,1-3H3,(H,21,23). The smallest absolute Gasteiger partial charge is 0.340 e. The third kappa shape index (κ3) is 6.63. The Hall–Kier alpha value is -2.15. The van der Waals surface area contributed by atoms with Crippen LogP contribution in [-0.2, 0) is 14.3 Å². The number of morpholine rings is 1. The Labute approximate surface area is 155 Å². The fourth-order valence-corrected chi connectivity index (χ4v) is 2.67. The predicted molar refractivity (Wildman–Crippen MR) is 99.2 cm³/mol. The molecule has 144 valence electrons. The van der Waals surface area contributed by atoms with Gasteiger partial charge < -0.3 is 19.7 Å². The first-order chi connectivity index (χ1) is 12.5. The second-order valence-corrected chi connectivity index (χ2v) is 7.02. The van der Waals surface area contributed by atoms with Gasteiger partial charge in [0.25, 0.3) is 5.91 Å². The SMILES string of the molecule is CC(C)CCC(C)NC(=O)COC(=O)c1ccc(N2CCOCC2)nc1. The number of ether oxygens (including phenoxy) is 2. The van der Waals surface area contributed by atoms with Gasteiger partial charge in [-0.2, -0.15) is 0 Å². The summed E-state index contributed by atoms with van der Waals surface area (Å²) < 4.78 is 10.4. The number of anilines is 1. The highest BCUT2D eigenvalue weighted by molar-refractivity contribution is 5.91. The van der Waals surface area contributed by atoms with E-state index in [0.29, 0.717) is 24.7 Å². The third-order valence-electron chi connectivity index (χ3n) is 4.24. The van der Waals surface area contributed by atoms with Crippen molar-refractivity contribution < 1.29 is 19.1 Å². The van der Waals surface area contributed by atoms with Gasteiger partial charge in [-0.05, 0) is 37.8 Å². The summed E-state index contributed by atoms with van der Waals surface area (Å²) in [6.45, 7) is 8.89. The van der Waals surface area contributed by atoms with Crippen molar-refractivity contribution in [2.75, 3.05) is 37.8 Å². The third-order valence-corrected chi connectivity index (χ3v) is 4.24. The van der Waals surface area contributed by atoms with E-state index in [9.17, 15) is 9.59 Å². The van der Waals surface area contributed by atoms with E-state index in [2.05, 4.69) is 29.0 Å². The topological polar surface area (TPSA) is 80.8 Å². The van der Waals surface area contributed by atoms with Crippen LogP contribution in [0.15, 0.2) is 18.3 Å². The molecular formula is C19H29N3O4. The lowest BCUT2D eigenvalue weighted by Gasteiger charge is -2.27. The Morgan fingerprint density at radius 2 is 1.96 bits per heavy atom. The minimum absolute atomic E-state index is 0.0677. The van der Waals surface area contributed by atoms with Crippen molar-refractivity contribution in [2.45, 2.75) is 39.7 Å². The molecule has 7 heteroatoms. The Balaban J connectivity index is 1.75. The zero-order valence-corrected chi connectivity index (χ0v) is 15.9. The van der Waals surface area contributed by atoms with E-state index < -0.39 is 5.97 Å². The van der Waals surface area contributed by atoms with Crippen LogP contribution >= 0.6 is 0 Å². The van der Waals surface area contributed by atoms with Crippen LogP contribution < -0.4 is 10.2 Å². The Morgan fingerprint density at radius 3 is 2.58 bits per heavy atom. The number of hydrogen-bond acceptors (Lipinski definition) is 6. The fourth-order valence-electron chi connectivity index (χ4n) is 2.67. The van der Waals surface area contributed by atoms with Crippen molar-refractivity contribution in [3.05, 3.63) is 23.9 Å². The lowest BCUT2D eigenvalue weighted by molar-refractivity contribution is -0.124. The molecule has 1 fully saturated rings. The Morgan fingerprint density at radius 1 is 1.23 bits per heavy atom. The zero-order chi connectivity index (χ0) is 18.9. The molecule has 0 aliphatic carbocycles. The molecule has 1 N–H and O–H groups in total. The van der Waals surface area contributed by atoms with E-state index in [1.54, 1.807) is 12.1 Å². The summed E-state index contributed by atoms with van der Waals surface area (Å²) in [5.41, 5.74) is 0.336. The summed E-state index contributed by atoms with van der Waals surface area (Å²) in [7, 11) is 0. The second kappa shape index (κ2) is 10.1. The molecule has 26 heavy (non-hydrogen) atoms. The quantitative estimate of drug-likeness (QED) is 0.712. The zero-order valence-electron chi connectivity index (χ0n) is 15.9. The lowest BCUT2D eigenvalue weighted by atomic mass is 10.0. The fraction of sp³-hybridized carbons (Fsp3) is 0.632. The molecule has 2 rings (SSSR count). The molecule has 2 heterocycles. The van der Waals surface area contributed by atoms with E-state index in [0.717, 1.165) is 31.7 Å². The van der Waals surface area contributed by atoms with Gasteiger partial charge in [-0.25, -0.2) is 9.78 Å². The van der Waals surface area contributed by atoms with Crippen LogP contribution in [0.3, 0.4) is 0 Å². The monoisotopic (exact) mass is 363 g/mol. The number of amides is 1. The number of hydrogen-bond donors (Lipinski definition) is 1. The van der Waals surface area contributed by atoms with Gasteiger partial charge in [0.1, 0.15) is 5.82 Å². The van der Waals surface area contributed by atoms with Crippen LogP contribution in [0.5, 0.6) is 0 Å². The maximum atomic E-state index is 12.1. The highest BCUT2D eigenvalue weighted by Gasteiger charge is 2.15. The molecule has 1 unspecified atom stereocenters. The van der Waals surface area contributed by atoms with Gasteiger partial charge in [0.15, 0.2) is 6.61 Å². The number of pyridine rings is 1. The molecule has 1 amide bonds. The van der Waals surface area contributed by atoms with Crippen LogP contribution in [0.1, 0.15) is 44.0 Å². The van der Waals surface area contributed by atoms with E-state index in [-0.39, 0.29) is 18.6 Å². The van der Waals surface area contributed by atoms with Crippen molar-refractivity contribution in [2.24, 2.45) is 5.92 Å². The summed E-state index contributed by atoms with van der Waals surface area (Å²) in [5.74, 6) is 0.574. The molecule has 7 nitrogen and oxygen atoms in total. The highest BCUT2D eigenvalue weighted by atomic mass is 16.5. The number of carbonyl (C=O) groups is 2. The minimum Gasteiger partial charge on any atom is -0.452 e.